The van der Waals surface area contributed by atoms with Gasteiger partial charge in [-0.1, -0.05) is 0 Å². The molecular weight excluding hydrogens is 240 g/mol. The normalized spacial score (nSPS) is 21.5. The van der Waals surface area contributed by atoms with Crippen LogP contribution in [0, 0.1) is 25.2 Å². The Morgan fingerprint density at radius 3 is 2.44 bits per heavy atom. The quantitative estimate of drug-likeness (QED) is 0.815. The number of nitriles is 1. The second-order valence-electron chi connectivity index (χ2n) is 4.61. The molecule has 0 spiro atoms. The molecule has 0 amide bonds. The minimum Gasteiger partial charge on any atom is -0.443 e. The highest BCUT2D eigenvalue weighted by Crippen LogP contribution is 2.33. The predicted molar refractivity (Wildman–Crippen MR) is 60.1 cm³/mol. The van der Waals surface area contributed by atoms with Crippen molar-refractivity contribution in [3.63, 3.8) is 0 Å². The van der Waals surface area contributed by atoms with Gasteiger partial charge in [-0.3, -0.25) is 4.90 Å². The lowest BCUT2D eigenvalue weighted by atomic mass is 10.0. The van der Waals surface area contributed by atoms with E-state index in [1.54, 1.807) is 18.7 Å². The maximum absolute atomic E-state index is 13.1. The SMILES string of the molecule is Cc1nc(C)c(C(C#N)N2CCC(F)(F)CC2)o1. The molecule has 1 atom stereocenters. The molecule has 2 rings (SSSR count). The molecule has 18 heavy (non-hydrogen) atoms. The summed E-state index contributed by atoms with van der Waals surface area (Å²) in [5, 5.41) is 9.23. The molecule has 0 saturated carbocycles. The van der Waals surface area contributed by atoms with Gasteiger partial charge in [0.2, 0.25) is 0 Å². The molecule has 0 bridgehead atoms. The van der Waals surface area contributed by atoms with Crippen molar-refractivity contribution < 1.29 is 13.2 Å². The van der Waals surface area contributed by atoms with Crippen LogP contribution in [-0.2, 0) is 0 Å². The number of nitrogens with zero attached hydrogens (tertiary/aromatic N) is 3. The highest BCUT2D eigenvalue weighted by Gasteiger charge is 2.38. The van der Waals surface area contributed by atoms with Crippen LogP contribution in [0.15, 0.2) is 4.42 Å². The van der Waals surface area contributed by atoms with Gasteiger partial charge in [0, 0.05) is 32.9 Å². The summed E-state index contributed by atoms with van der Waals surface area (Å²) < 4.78 is 31.6. The van der Waals surface area contributed by atoms with E-state index in [9.17, 15) is 14.0 Å². The Bertz CT molecular complexity index is 468. The van der Waals surface area contributed by atoms with Crippen LogP contribution in [0.4, 0.5) is 8.78 Å². The Labute approximate surface area is 104 Å². The summed E-state index contributed by atoms with van der Waals surface area (Å²) in [6.07, 6.45) is -0.422. The average molecular weight is 255 g/mol. The van der Waals surface area contributed by atoms with E-state index in [-0.39, 0.29) is 25.9 Å². The fraction of sp³-hybridized carbons (Fsp3) is 0.667. The van der Waals surface area contributed by atoms with Gasteiger partial charge in [0.05, 0.1) is 11.8 Å². The van der Waals surface area contributed by atoms with Crippen molar-refractivity contribution in [3.05, 3.63) is 17.3 Å². The summed E-state index contributed by atoms with van der Waals surface area (Å²) in [5.41, 5.74) is 0.649. The Balaban J connectivity index is 2.16. The fourth-order valence-corrected chi connectivity index (χ4v) is 2.22. The number of likely N-dealkylation sites (tertiary alicyclic amines) is 1. The van der Waals surface area contributed by atoms with Gasteiger partial charge in [-0.25, -0.2) is 13.8 Å². The summed E-state index contributed by atoms with van der Waals surface area (Å²) in [6, 6.07) is 1.49. The van der Waals surface area contributed by atoms with Gasteiger partial charge in [0.1, 0.15) is 0 Å². The Hall–Kier alpha value is -1.48. The third-order valence-electron chi connectivity index (χ3n) is 3.20. The number of piperidine rings is 1. The number of oxazole rings is 1. The van der Waals surface area contributed by atoms with Crippen LogP contribution in [-0.4, -0.2) is 28.9 Å². The predicted octanol–water partition coefficient (Wildman–Crippen LogP) is 2.59. The minimum absolute atomic E-state index is 0.199. The van der Waals surface area contributed by atoms with Crippen LogP contribution >= 0.6 is 0 Å². The van der Waals surface area contributed by atoms with Crippen LogP contribution in [0.2, 0.25) is 0 Å². The molecule has 0 aromatic carbocycles. The Morgan fingerprint density at radius 2 is 2.00 bits per heavy atom. The molecule has 2 heterocycles. The van der Waals surface area contributed by atoms with Crippen LogP contribution in [0.1, 0.15) is 36.2 Å². The summed E-state index contributed by atoms with van der Waals surface area (Å²) in [5.74, 6) is -1.65. The first-order valence-electron chi connectivity index (χ1n) is 5.88. The van der Waals surface area contributed by atoms with E-state index in [4.69, 9.17) is 4.42 Å². The molecule has 0 N–H and O–H groups in total. The van der Waals surface area contributed by atoms with E-state index >= 15 is 0 Å². The van der Waals surface area contributed by atoms with E-state index in [0.717, 1.165) is 0 Å². The van der Waals surface area contributed by atoms with Gasteiger partial charge in [0.15, 0.2) is 17.7 Å². The Kier molecular flexibility index (Phi) is 3.35. The molecule has 6 heteroatoms. The number of hydrogen-bond acceptors (Lipinski definition) is 4. The molecule has 1 fully saturated rings. The van der Waals surface area contributed by atoms with Crippen molar-refractivity contribution in [2.75, 3.05) is 13.1 Å². The number of hydrogen-bond donors (Lipinski definition) is 0. The molecule has 1 aromatic heterocycles. The van der Waals surface area contributed by atoms with Crippen molar-refractivity contribution >= 4 is 0 Å². The smallest absolute Gasteiger partial charge is 0.250 e. The third kappa shape index (κ3) is 2.51. The zero-order valence-electron chi connectivity index (χ0n) is 10.4. The standard InChI is InChI=1S/C12H15F2N3O/c1-8-11(18-9(2)16-8)10(7-15)17-5-3-12(13,14)4-6-17/h10H,3-6H2,1-2H3. The number of aryl methyl sites for hydroxylation is 2. The highest BCUT2D eigenvalue weighted by atomic mass is 19.3. The number of aromatic nitrogens is 1. The summed E-state index contributed by atoms with van der Waals surface area (Å²) >= 11 is 0. The molecule has 98 valence electrons. The van der Waals surface area contributed by atoms with E-state index in [1.165, 1.54) is 0 Å². The number of alkyl halides is 2. The number of rotatable bonds is 2. The first-order valence-corrected chi connectivity index (χ1v) is 5.88. The topological polar surface area (TPSA) is 53.1 Å². The van der Waals surface area contributed by atoms with Crippen molar-refractivity contribution in [2.24, 2.45) is 0 Å². The summed E-state index contributed by atoms with van der Waals surface area (Å²) in [4.78, 5) is 5.84. The maximum Gasteiger partial charge on any atom is 0.250 e. The zero-order chi connectivity index (χ0) is 13.3. The lowest BCUT2D eigenvalue weighted by Crippen LogP contribution is -2.41. The first kappa shape index (κ1) is 13.0. The lowest BCUT2D eigenvalue weighted by molar-refractivity contribution is -0.0607. The molecule has 1 aliphatic rings. The third-order valence-corrected chi connectivity index (χ3v) is 3.20. The molecular formula is C12H15F2N3O. The van der Waals surface area contributed by atoms with Crippen LogP contribution in [0.3, 0.4) is 0 Å². The van der Waals surface area contributed by atoms with Gasteiger partial charge in [-0.15, -0.1) is 0 Å². The molecule has 0 radical (unpaired) electrons. The summed E-state index contributed by atoms with van der Waals surface area (Å²) in [7, 11) is 0. The van der Waals surface area contributed by atoms with E-state index in [1.807, 2.05) is 0 Å². The molecule has 1 aliphatic heterocycles. The molecule has 0 aliphatic carbocycles. The maximum atomic E-state index is 13.1. The monoisotopic (exact) mass is 255 g/mol. The second kappa shape index (κ2) is 4.65. The Morgan fingerprint density at radius 1 is 1.39 bits per heavy atom. The second-order valence-corrected chi connectivity index (χ2v) is 4.61. The average Bonchev–Trinajstić information content (AvgIpc) is 2.61. The van der Waals surface area contributed by atoms with Crippen molar-refractivity contribution in [1.82, 2.24) is 9.88 Å². The number of halogens is 2. The van der Waals surface area contributed by atoms with Gasteiger partial charge < -0.3 is 4.42 Å². The molecule has 4 nitrogen and oxygen atoms in total. The van der Waals surface area contributed by atoms with E-state index < -0.39 is 12.0 Å². The summed E-state index contributed by atoms with van der Waals surface area (Å²) in [6.45, 7) is 3.86. The van der Waals surface area contributed by atoms with Crippen molar-refractivity contribution in [3.8, 4) is 6.07 Å². The van der Waals surface area contributed by atoms with Gasteiger partial charge in [0.25, 0.3) is 5.92 Å². The van der Waals surface area contributed by atoms with Crippen molar-refractivity contribution in [2.45, 2.75) is 38.7 Å². The van der Waals surface area contributed by atoms with E-state index in [0.29, 0.717) is 17.3 Å². The molecule has 1 unspecified atom stereocenters. The van der Waals surface area contributed by atoms with Gasteiger partial charge >= 0.3 is 0 Å². The van der Waals surface area contributed by atoms with Crippen LogP contribution in [0.25, 0.3) is 0 Å². The van der Waals surface area contributed by atoms with E-state index in [2.05, 4.69) is 11.1 Å². The van der Waals surface area contributed by atoms with Crippen LogP contribution in [0.5, 0.6) is 0 Å². The van der Waals surface area contributed by atoms with Gasteiger partial charge in [-0.05, 0) is 6.92 Å². The zero-order valence-corrected chi connectivity index (χ0v) is 10.4. The highest BCUT2D eigenvalue weighted by molar-refractivity contribution is 5.19. The molecule has 1 saturated heterocycles. The minimum atomic E-state index is -2.61. The lowest BCUT2D eigenvalue weighted by Gasteiger charge is -2.33. The largest absolute Gasteiger partial charge is 0.443 e. The van der Waals surface area contributed by atoms with Gasteiger partial charge in [-0.2, -0.15) is 5.26 Å². The fourth-order valence-electron chi connectivity index (χ4n) is 2.22. The van der Waals surface area contributed by atoms with Crippen molar-refractivity contribution in [1.29, 1.82) is 5.26 Å². The first-order chi connectivity index (χ1) is 8.43. The molecule has 1 aromatic rings. The van der Waals surface area contributed by atoms with Crippen LogP contribution < -0.4 is 0 Å².